The first-order valence-corrected chi connectivity index (χ1v) is 8.07. The van der Waals surface area contributed by atoms with Gasteiger partial charge in [-0.3, -0.25) is 0 Å². The van der Waals surface area contributed by atoms with E-state index in [0.717, 1.165) is 27.9 Å². The molecule has 1 heterocycles. The van der Waals surface area contributed by atoms with Gasteiger partial charge in [-0.1, -0.05) is 36.9 Å². The summed E-state index contributed by atoms with van der Waals surface area (Å²) in [5, 5.41) is 22.0. The van der Waals surface area contributed by atoms with E-state index in [1.54, 1.807) is 23.1 Å². The zero-order valence-corrected chi connectivity index (χ0v) is 13.2. The fourth-order valence-corrected chi connectivity index (χ4v) is 3.68. The molecule has 4 nitrogen and oxygen atoms in total. The highest BCUT2D eigenvalue weighted by molar-refractivity contribution is 8.01. The van der Waals surface area contributed by atoms with Crippen LogP contribution in [0.4, 0.5) is 0 Å². The van der Waals surface area contributed by atoms with Crippen molar-refractivity contribution in [2.45, 2.75) is 56.5 Å². The Morgan fingerprint density at radius 1 is 1.44 bits per heavy atom. The highest BCUT2D eigenvalue weighted by Crippen LogP contribution is 2.24. The lowest BCUT2D eigenvalue weighted by Gasteiger charge is -2.31. The molecule has 18 heavy (non-hydrogen) atoms. The van der Waals surface area contributed by atoms with Gasteiger partial charge in [0.1, 0.15) is 5.01 Å². The van der Waals surface area contributed by atoms with Crippen LogP contribution in [0.25, 0.3) is 0 Å². The zero-order valence-electron chi connectivity index (χ0n) is 11.6. The molecule has 0 saturated carbocycles. The number of hydrogen-bond donors (Lipinski definition) is 2. The van der Waals surface area contributed by atoms with Gasteiger partial charge in [0.2, 0.25) is 0 Å². The molecule has 0 aliphatic carbocycles. The summed E-state index contributed by atoms with van der Waals surface area (Å²) in [4.78, 5) is 0. The van der Waals surface area contributed by atoms with Crippen LogP contribution in [0.3, 0.4) is 0 Å². The topological polar surface area (TPSA) is 58.0 Å². The fraction of sp³-hybridized carbons (Fsp3) is 0.833. The summed E-state index contributed by atoms with van der Waals surface area (Å²) in [6.07, 6.45) is 2.02. The quantitative estimate of drug-likeness (QED) is 0.569. The van der Waals surface area contributed by atoms with Gasteiger partial charge in [0, 0.05) is 17.3 Å². The second-order valence-electron chi connectivity index (χ2n) is 5.06. The largest absolute Gasteiger partial charge is 0.394 e. The van der Waals surface area contributed by atoms with E-state index in [1.165, 1.54) is 0 Å². The Kier molecular flexibility index (Phi) is 6.55. The van der Waals surface area contributed by atoms with Crippen LogP contribution in [0.2, 0.25) is 0 Å². The van der Waals surface area contributed by atoms with E-state index in [4.69, 9.17) is 0 Å². The van der Waals surface area contributed by atoms with Crippen molar-refractivity contribution in [2.75, 3.05) is 12.4 Å². The van der Waals surface area contributed by atoms with Crippen LogP contribution in [-0.4, -0.2) is 39.2 Å². The molecule has 0 amide bonds. The lowest BCUT2D eigenvalue weighted by atomic mass is 9.96. The number of nitrogens with one attached hydrogen (secondary N) is 1. The summed E-state index contributed by atoms with van der Waals surface area (Å²) < 4.78 is 1.04. The summed E-state index contributed by atoms with van der Waals surface area (Å²) in [5.41, 5.74) is -0.175. The molecular weight excluding hydrogens is 266 g/mol. The van der Waals surface area contributed by atoms with Gasteiger partial charge in [-0.25, -0.2) is 0 Å². The standard InChI is InChI=1S/C12H23N3OS2/c1-9(2)13-12(4,8-16)6-5-7-17-11-15-14-10(3)18-11/h9,13,16H,5-8H2,1-4H3. The molecule has 2 N–H and O–H groups in total. The molecule has 0 radical (unpaired) electrons. The average molecular weight is 289 g/mol. The lowest BCUT2D eigenvalue weighted by molar-refractivity contribution is 0.156. The van der Waals surface area contributed by atoms with E-state index in [2.05, 4.69) is 36.3 Å². The minimum absolute atomic E-state index is 0.174. The molecular formula is C12H23N3OS2. The third-order valence-corrected chi connectivity index (χ3v) is 4.65. The number of aliphatic hydroxyl groups is 1. The first-order chi connectivity index (χ1) is 8.45. The predicted molar refractivity (Wildman–Crippen MR) is 78.4 cm³/mol. The number of rotatable bonds is 8. The summed E-state index contributed by atoms with van der Waals surface area (Å²) in [5.74, 6) is 1.02. The first kappa shape index (κ1) is 15.9. The number of nitrogens with zero attached hydrogens (tertiary/aromatic N) is 2. The maximum absolute atomic E-state index is 9.46. The summed E-state index contributed by atoms with van der Waals surface area (Å²) in [7, 11) is 0. The van der Waals surface area contributed by atoms with Crippen molar-refractivity contribution in [2.24, 2.45) is 0 Å². The molecule has 0 aliphatic rings. The average Bonchev–Trinajstić information content (AvgIpc) is 2.70. The SMILES string of the molecule is Cc1nnc(SCCCC(C)(CO)NC(C)C)s1. The van der Waals surface area contributed by atoms with Gasteiger partial charge in [-0.2, -0.15) is 0 Å². The molecule has 0 aromatic carbocycles. The van der Waals surface area contributed by atoms with Gasteiger partial charge in [0.25, 0.3) is 0 Å². The minimum Gasteiger partial charge on any atom is -0.394 e. The Morgan fingerprint density at radius 3 is 2.67 bits per heavy atom. The molecule has 0 fully saturated rings. The monoisotopic (exact) mass is 289 g/mol. The van der Waals surface area contributed by atoms with Gasteiger partial charge >= 0.3 is 0 Å². The number of aliphatic hydroxyl groups excluding tert-OH is 1. The normalized spacial score (nSPS) is 15.0. The van der Waals surface area contributed by atoms with Crippen LogP contribution >= 0.6 is 23.1 Å². The summed E-state index contributed by atoms with van der Waals surface area (Å²) >= 11 is 3.38. The number of aryl methyl sites for hydroxylation is 1. The molecule has 0 bridgehead atoms. The van der Waals surface area contributed by atoms with E-state index in [1.807, 2.05) is 6.92 Å². The number of hydrogen-bond acceptors (Lipinski definition) is 6. The van der Waals surface area contributed by atoms with Gasteiger partial charge in [0.15, 0.2) is 4.34 Å². The molecule has 104 valence electrons. The van der Waals surface area contributed by atoms with E-state index in [9.17, 15) is 5.11 Å². The number of thioether (sulfide) groups is 1. The molecule has 1 aromatic heterocycles. The highest BCUT2D eigenvalue weighted by Gasteiger charge is 2.23. The molecule has 0 saturated heterocycles. The van der Waals surface area contributed by atoms with Gasteiger partial charge in [-0.05, 0) is 26.7 Å². The van der Waals surface area contributed by atoms with E-state index in [0.29, 0.717) is 6.04 Å². The lowest BCUT2D eigenvalue weighted by Crippen LogP contribution is -2.49. The van der Waals surface area contributed by atoms with Crippen LogP contribution in [0.15, 0.2) is 4.34 Å². The second kappa shape index (κ2) is 7.43. The Balaban J connectivity index is 2.27. The maximum atomic E-state index is 9.46. The second-order valence-corrected chi connectivity index (χ2v) is 7.58. The number of aromatic nitrogens is 2. The van der Waals surface area contributed by atoms with Gasteiger partial charge < -0.3 is 10.4 Å². The minimum atomic E-state index is -0.175. The van der Waals surface area contributed by atoms with Crippen LogP contribution < -0.4 is 5.32 Å². The summed E-state index contributed by atoms with van der Waals surface area (Å²) in [6.45, 7) is 8.43. The Labute approximate surface area is 118 Å². The molecule has 0 aliphatic heterocycles. The Bertz CT molecular complexity index is 357. The highest BCUT2D eigenvalue weighted by atomic mass is 32.2. The van der Waals surface area contributed by atoms with Crippen molar-refractivity contribution < 1.29 is 5.11 Å². The Hall–Kier alpha value is -0.170. The molecule has 1 unspecified atom stereocenters. The fourth-order valence-electron chi connectivity index (χ4n) is 1.85. The van der Waals surface area contributed by atoms with Crippen LogP contribution in [-0.2, 0) is 0 Å². The van der Waals surface area contributed by atoms with Crippen molar-refractivity contribution in [3.8, 4) is 0 Å². The first-order valence-electron chi connectivity index (χ1n) is 6.26. The molecule has 0 spiro atoms. The molecule has 1 atom stereocenters. The molecule has 1 rings (SSSR count). The van der Waals surface area contributed by atoms with Crippen LogP contribution in [0.1, 0.15) is 38.6 Å². The van der Waals surface area contributed by atoms with Crippen molar-refractivity contribution >= 4 is 23.1 Å². The van der Waals surface area contributed by atoms with Crippen molar-refractivity contribution in [3.63, 3.8) is 0 Å². The van der Waals surface area contributed by atoms with Crippen molar-refractivity contribution in [1.82, 2.24) is 15.5 Å². The van der Waals surface area contributed by atoms with E-state index in [-0.39, 0.29) is 12.1 Å². The zero-order chi connectivity index (χ0) is 13.6. The van der Waals surface area contributed by atoms with E-state index < -0.39 is 0 Å². The Morgan fingerprint density at radius 2 is 2.17 bits per heavy atom. The predicted octanol–water partition coefficient (Wildman–Crippen LogP) is 2.47. The third kappa shape index (κ3) is 5.65. The molecule has 6 heteroatoms. The smallest absolute Gasteiger partial charge is 0.174 e. The maximum Gasteiger partial charge on any atom is 0.174 e. The van der Waals surface area contributed by atoms with Crippen LogP contribution in [0.5, 0.6) is 0 Å². The van der Waals surface area contributed by atoms with Gasteiger partial charge in [-0.15, -0.1) is 10.2 Å². The van der Waals surface area contributed by atoms with E-state index >= 15 is 0 Å². The third-order valence-electron chi connectivity index (χ3n) is 2.59. The van der Waals surface area contributed by atoms with Crippen LogP contribution in [0, 0.1) is 6.92 Å². The summed E-state index contributed by atoms with van der Waals surface area (Å²) in [6, 6.07) is 0.389. The van der Waals surface area contributed by atoms with Gasteiger partial charge in [0.05, 0.1) is 6.61 Å². The molecule has 1 aromatic rings. The van der Waals surface area contributed by atoms with Crippen molar-refractivity contribution in [1.29, 1.82) is 0 Å². The van der Waals surface area contributed by atoms with Crippen molar-refractivity contribution in [3.05, 3.63) is 5.01 Å².